The van der Waals surface area contributed by atoms with E-state index in [9.17, 15) is 9.59 Å². The Morgan fingerprint density at radius 2 is 1.95 bits per heavy atom. The molecule has 0 saturated carbocycles. The first-order valence-electron chi connectivity index (χ1n) is 6.37. The van der Waals surface area contributed by atoms with Gasteiger partial charge in [-0.05, 0) is 31.2 Å². The number of primary amides is 1. The van der Waals surface area contributed by atoms with Crippen LogP contribution in [0.3, 0.4) is 0 Å². The maximum absolute atomic E-state index is 11.1. The standard InChI is InChI=1S/C14H20N2O4/c1-3-12(14(18)19)16(2)8-10-4-6-11(7-5-10)20-9-13(15)17/h4-7,12H,3,8-9H2,1-2H3,(H2,15,17)(H,18,19). The zero-order chi connectivity index (χ0) is 15.1. The molecule has 0 radical (unpaired) electrons. The number of carbonyl (C=O) groups is 2. The van der Waals surface area contributed by atoms with E-state index in [1.807, 2.05) is 19.1 Å². The summed E-state index contributed by atoms with van der Waals surface area (Å²) >= 11 is 0. The molecule has 1 unspecified atom stereocenters. The Bertz CT molecular complexity index is 459. The zero-order valence-corrected chi connectivity index (χ0v) is 11.7. The van der Waals surface area contributed by atoms with Crippen molar-refractivity contribution >= 4 is 11.9 Å². The summed E-state index contributed by atoms with van der Waals surface area (Å²) in [5.74, 6) is -0.794. The molecular formula is C14H20N2O4. The SMILES string of the molecule is CCC(C(=O)O)N(C)Cc1ccc(OCC(N)=O)cc1. The lowest BCUT2D eigenvalue weighted by atomic mass is 10.1. The van der Waals surface area contributed by atoms with Gasteiger partial charge in [0.15, 0.2) is 6.61 Å². The predicted octanol–water partition coefficient (Wildman–Crippen LogP) is 0.846. The third kappa shape index (κ3) is 4.89. The lowest BCUT2D eigenvalue weighted by Gasteiger charge is -2.23. The van der Waals surface area contributed by atoms with Gasteiger partial charge in [-0.25, -0.2) is 0 Å². The Hall–Kier alpha value is -2.08. The van der Waals surface area contributed by atoms with Crippen LogP contribution < -0.4 is 10.5 Å². The summed E-state index contributed by atoms with van der Waals surface area (Å²) in [6, 6.07) is 6.63. The summed E-state index contributed by atoms with van der Waals surface area (Å²) in [5.41, 5.74) is 5.96. The molecular weight excluding hydrogens is 260 g/mol. The quantitative estimate of drug-likeness (QED) is 0.736. The Kier molecular flexibility index (Phi) is 5.99. The number of nitrogens with zero attached hydrogens (tertiary/aromatic N) is 1. The average molecular weight is 280 g/mol. The van der Waals surface area contributed by atoms with E-state index in [-0.39, 0.29) is 6.61 Å². The van der Waals surface area contributed by atoms with Crippen LogP contribution in [-0.2, 0) is 16.1 Å². The number of ether oxygens (including phenoxy) is 1. The van der Waals surface area contributed by atoms with E-state index in [2.05, 4.69) is 0 Å². The number of hydrogen-bond donors (Lipinski definition) is 2. The lowest BCUT2D eigenvalue weighted by Crippen LogP contribution is -2.37. The molecule has 0 fully saturated rings. The van der Waals surface area contributed by atoms with Gasteiger partial charge in [-0.2, -0.15) is 0 Å². The molecule has 110 valence electrons. The molecule has 1 atom stereocenters. The highest BCUT2D eigenvalue weighted by Crippen LogP contribution is 2.14. The first-order chi connectivity index (χ1) is 9.43. The van der Waals surface area contributed by atoms with Crippen molar-refractivity contribution in [3.05, 3.63) is 29.8 Å². The minimum Gasteiger partial charge on any atom is -0.484 e. The van der Waals surface area contributed by atoms with Gasteiger partial charge in [-0.3, -0.25) is 14.5 Å². The van der Waals surface area contributed by atoms with Crippen LogP contribution in [0.4, 0.5) is 0 Å². The fraction of sp³-hybridized carbons (Fsp3) is 0.429. The number of rotatable bonds is 8. The predicted molar refractivity (Wildman–Crippen MR) is 74.3 cm³/mol. The summed E-state index contributed by atoms with van der Waals surface area (Å²) < 4.78 is 5.15. The molecule has 0 aliphatic heterocycles. The van der Waals surface area contributed by atoms with Gasteiger partial charge in [0.05, 0.1) is 0 Å². The van der Waals surface area contributed by atoms with Gasteiger partial charge in [0.1, 0.15) is 11.8 Å². The van der Waals surface area contributed by atoms with Gasteiger partial charge in [-0.15, -0.1) is 0 Å². The van der Waals surface area contributed by atoms with E-state index in [0.29, 0.717) is 18.7 Å². The van der Waals surface area contributed by atoms with Crippen LogP contribution in [0.5, 0.6) is 5.75 Å². The smallest absolute Gasteiger partial charge is 0.320 e. The van der Waals surface area contributed by atoms with Gasteiger partial charge < -0.3 is 15.6 Å². The molecule has 0 bridgehead atoms. The highest BCUT2D eigenvalue weighted by Gasteiger charge is 2.20. The van der Waals surface area contributed by atoms with Gasteiger partial charge in [0.25, 0.3) is 5.91 Å². The van der Waals surface area contributed by atoms with Crippen molar-refractivity contribution in [2.75, 3.05) is 13.7 Å². The van der Waals surface area contributed by atoms with E-state index in [4.69, 9.17) is 15.6 Å². The second-order valence-electron chi connectivity index (χ2n) is 4.58. The summed E-state index contributed by atoms with van der Waals surface area (Å²) in [4.78, 5) is 23.4. The Balaban J connectivity index is 2.60. The van der Waals surface area contributed by atoms with Gasteiger partial charge in [0.2, 0.25) is 0 Å². The summed E-state index contributed by atoms with van der Waals surface area (Å²) in [6.07, 6.45) is 0.547. The molecule has 6 heteroatoms. The van der Waals surface area contributed by atoms with Crippen molar-refractivity contribution in [2.45, 2.75) is 25.9 Å². The van der Waals surface area contributed by atoms with E-state index in [0.717, 1.165) is 5.56 Å². The molecule has 0 aromatic heterocycles. The molecule has 1 rings (SSSR count). The maximum atomic E-state index is 11.1. The summed E-state index contributed by atoms with van der Waals surface area (Å²) in [5, 5.41) is 9.08. The van der Waals surface area contributed by atoms with Crippen LogP contribution in [-0.4, -0.2) is 41.6 Å². The first kappa shape index (κ1) is 16.0. The third-order valence-electron chi connectivity index (χ3n) is 2.94. The van der Waals surface area contributed by atoms with E-state index in [1.54, 1.807) is 24.1 Å². The van der Waals surface area contributed by atoms with Crippen LogP contribution in [0, 0.1) is 0 Å². The largest absolute Gasteiger partial charge is 0.484 e. The molecule has 0 heterocycles. The number of carbonyl (C=O) groups excluding carboxylic acids is 1. The second-order valence-corrected chi connectivity index (χ2v) is 4.58. The molecule has 1 aromatic carbocycles. The number of carboxylic acids is 1. The molecule has 0 aliphatic rings. The van der Waals surface area contributed by atoms with E-state index >= 15 is 0 Å². The Morgan fingerprint density at radius 3 is 2.40 bits per heavy atom. The van der Waals surface area contributed by atoms with Gasteiger partial charge in [0, 0.05) is 6.54 Å². The number of hydrogen-bond acceptors (Lipinski definition) is 4. The number of aliphatic carboxylic acids is 1. The van der Waals surface area contributed by atoms with E-state index in [1.165, 1.54) is 0 Å². The van der Waals surface area contributed by atoms with Crippen molar-refractivity contribution in [3.63, 3.8) is 0 Å². The molecule has 6 nitrogen and oxygen atoms in total. The number of likely N-dealkylation sites (N-methyl/N-ethyl adjacent to an activating group) is 1. The van der Waals surface area contributed by atoms with Crippen LogP contribution in [0.1, 0.15) is 18.9 Å². The minimum absolute atomic E-state index is 0.157. The van der Waals surface area contributed by atoms with Gasteiger partial charge >= 0.3 is 5.97 Å². The second kappa shape index (κ2) is 7.49. The topological polar surface area (TPSA) is 92.9 Å². The molecule has 1 amide bonds. The van der Waals surface area contributed by atoms with Crippen LogP contribution >= 0.6 is 0 Å². The zero-order valence-electron chi connectivity index (χ0n) is 11.7. The first-order valence-corrected chi connectivity index (χ1v) is 6.37. The maximum Gasteiger partial charge on any atom is 0.320 e. The van der Waals surface area contributed by atoms with Crippen molar-refractivity contribution in [2.24, 2.45) is 5.73 Å². The Labute approximate surface area is 118 Å². The highest BCUT2D eigenvalue weighted by molar-refractivity contribution is 5.75. The highest BCUT2D eigenvalue weighted by atomic mass is 16.5. The molecule has 1 aromatic rings. The molecule has 0 aliphatic carbocycles. The molecule has 20 heavy (non-hydrogen) atoms. The fourth-order valence-corrected chi connectivity index (χ4v) is 1.92. The average Bonchev–Trinajstić information content (AvgIpc) is 2.38. The summed E-state index contributed by atoms with van der Waals surface area (Å²) in [7, 11) is 1.78. The number of carboxylic acid groups (broad SMARTS) is 1. The molecule has 3 N–H and O–H groups in total. The number of amides is 1. The van der Waals surface area contributed by atoms with Crippen molar-refractivity contribution in [1.29, 1.82) is 0 Å². The van der Waals surface area contributed by atoms with E-state index < -0.39 is 17.9 Å². The minimum atomic E-state index is -0.823. The van der Waals surface area contributed by atoms with Crippen molar-refractivity contribution < 1.29 is 19.4 Å². The van der Waals surface area contributed by atoms with Crippen molar-refractivity contribution in [3.8, 4) is 5.75 Å². The monoisotopic (exact) mass is 280 g/mol. The van der Waals surface area contributed by atoms with Crippen LogP contribution in [0.15, 0.2) is 24.3 Å². The third-order valence-corrected chi connectivity index (χ3v) is 2.94. The van der Waals surface area contributed by atoms with Crippen molar-refractivity contribution in [1.82, 2.24) is 4.90 Å². The van der Waals surface area contributed by atoms with Crippen LogP contribution in [0.25, 0.3) is 0 Å². The van der Waals surface area contributed by atoms with Gasteiger partial charge in [-0.1, -0.05) is 19.1 Å². The number of nitrogens with two attached hydrogens (primary N) is 1. The normalized spacial score (nSPS) is 12.2. The lowest BCUT2D eigenvalue weighted by molar-refractivity contribution is -0.143. The molecule has 0 spiro atoms. The summed E-state index contributed by atoms with van der Waals surface area (Å²) in [6.45, 7) is 2.22. The number of benzene rings is 1. The van der Waals surface area contributed by atoms with Crippen LogP contribution in [0.2, 0.25) is 0 Å². The Morgan fingerprint density at radius 1 is 1.35 bits per heavy atom. The molecule has 0 saturated heterocycles. The fourth-order valence-electron chi connectivity index (χ4n) is 1.92.